The molecule has 1 nitrogen and oxygen atoms in total. The van der Waals surface area contributed by atoms with Crippen molar-refractivity contribution in [3.8, 4) is 11.1 Å². The van der Waals surface area contributed by atoms with Crippen LogP contribution in [0.1, 0.15) is 81.5 Å². The van der Waals surface area contributed by atoms with E-state index < -0.39 is 0 Å². The third-order valence-corrected chi connectivity index (χ3v) is 4.88. The van der Waals surface area contributed by atoms with Crippen LogP contribution in [-0.2, 0) is 13.0 Å². The van der Waals surface area contributed by atoms with Crippen molar-refractivity contribution < 1.29 is 9.50 Å². The summed E-state index contributed by atoms with van der Waals surface area (Å²) in [4.78, 5) is 0. The van der Waals surface area contributed by atoms with Gasteiger partial charge in [-0.3, -0.25) is 0 Å². The first-order chi connectivity index (χ1) is 11.9. The van der Waals surface area contributed by atoms with Crippen LogP contribution in [0.2, 0.25) is 0 Å². The Hall–Kier alpha value is -1.67. The van der Waals surface area contributed by atoms with Crippen LogP contribution >= 0.6 is 0 Å². The van der Waals surface area contributed by atoms with Crippen LogP contribution in [-0.4, -0.2) is 5.11 Å². The molecule has 0 bridgehead atoms. The molecular weight excluding hydrogens is 311 g/mol. The third kappa shape index (κ3) is 3.95. The van der Waals surface area contributed by atoms with Crippen LogP contribution in [0.5, 0.6) is 0 Å². The molecule has 0 atom stereocenters. The first-order valence-corrected chi connectivity index (χ1v) is 9.47. The van der Waals surface area contributed by atoms with Gasteiger partial charge in [-0.05, 0) is 58.1 Å². The van der Waals surface area contributed by atoms with Gasteiger partial charge in [0.25, 0.3) is 0 Å². The maximum Gasteiger partial charge on any atom is 0.130 e. The summed E-state index contributed by atoms with van der Waals surface area (Å²) < 4.78 is 15.5. The third-order valence-electron chi connectivity index (χ3n) is 4.88. The highest BCUT2D eigenvalue weighted by Gasteiger charge is 2.26. The van der Waals surface area contributed by atoms with Gasteiger partial charge in [-0.1, -0.05) is 71.4 Å². The van der Waals surface area contributed by atoms with Crippen molar-refractivity contribution in [2.45, 2.75) is 72.3 Å². The predicted octanol–water partition coefficient (Wildman–Crippen LogP) is 6.57. The van der Waals surface area contributed by atoms with Crippen molar-refractivity contribution in [3.63, 3.8) is 0 Å². The minimum absolute atomic E-state index is 0.0299. The molecule has 0 saturated carbocycles. The molecule has 0 spiro atoms. The quantitative estimate of drug-likeness (QED) is 0.603. The van der Waals surface area contributed by atoms with Gasteiger partial charge < -0.3 is 5.11 Å². The molecule has 1 N–H and O–H groups in total. The Bertz CT molecular complexity index is 702. The van der Waals surface area contributed by atoms with E-state index in [1.807, 2.05) is 32.0 Å². The largest absolute Gasteiger partial charge is 0.392 e. The van der Waals surface area contributed by atoms with Gasteiger partial charge in [-0.25, -0.2) is 4.39 Å². The van der Waals surface area contributed by atoms with Crippen molar-refractivity contribution in [1.82, 2.24) is 0 Å². The molecule has 0 aliphatic carbocycles. The Morgan fingerprint density at radius 1 is 0.920 bits per heavy atom. The summed E-state index contributed by atoms with van der Waals surface area (Å²) in [7, 11) is 0. The molecule has 0 aliphatic rings. The molecule has 0 aliphatic heterocycles. The van der Waals surface area contributed by atoms with E-state index in [1.165, 1.54) is 0 Å². The van der Waals surface area contributed by atoms with E-state index in [9.17, 15) is 5.11 Å². The molecule has 0 radical (unpaired) electrons. The number of halogens is 1. The van der Waals surface area contributed by atoms with Gasteiger partial charge in [-0.2, -0.15) is 0 Å². The Morgan fingerprint density at radius 2 is 1.48 bits per heavy atom. The average molecular weight is 342 g/mol. The Kier molecular flexibility index (Phi) is 6.78. The van der Waals surface area contributed by atoms with E-state index in [4.69, 9.17) is 0 Å². The monoisotopic (exact) mass is 342 g/mol. The SMILES string of the molecule is CCCCc1c(-c2ccccc2)c(CO)c(C(C)C)c(F)c1C(C)C. The first-order valence-electron chi connectivity index (χ1n) is 9.47. The molecule has 2 heteroatoms. The molecule has 2 aromatic rings. The summed E-state index contributed by atoms with van der Waals surface area (Å²) in [6.07, 6.45) is 2.93. The summed E-state index contributed by atoms with van der Waals surface area (Å²) in [5, 5.41) is 10.1. The minimum Gasteiger partial charge on any atom is -0.392 e. The maximum atomic E-state index is 15.5. The van der Waals surface area contributed by atoms with E-state index in [0.717, 1.165) is 47.1 Å². The van der Waals surface area contributed by atoms with E-state index in [1.54, 1.807) is 0 Å². The van der Waals surface area contributed by atoms with E-state index >= 15 is 4.39 Å². The van der Waals surface area contributed by atoms with Crippen LogP contribution in [0.3, 0.4) is 0 Å². The van der Waals surface area contributed by atoms with Crippen LogP contribution in [0, 0.1) is 5.82 Å². The number of hydrogen-bond donors (Lipinski definition) is 1. The molecule has 0 heterocycles. The normalized spacial score (nSPS) is 11.6. The lowest BCUT2D eigenvalue weighted by Crippen LogP contribution is -2.13. The second kappa shape index (κ2) is 8.62. The summed E-state index contributed by atoms with van der Waals surface area (Å²) >= 11 is 0. The van der Waals surface area contributed by atoms with E-state index in [-0.39, 0.29) is 24.3 Å². The molecule has 25 heavy (non-hydrogen) atoms. The van der Waals surface area contributed by atoms with Crippen molar-refractivity contribution >= 4 is 0 Å². The van der Waals surface area contributed by atoms with Gasteiger partial charge in [0.05, 0.1) is 6.61 Å². The van der Waals surface area contributed by atoms with Crippen molar-refractivity contribution in [2.24, 2.45) is 0 Å². The number of rotatable bonds is 7. The standard InChI is InChI=1S/C23H31FO/c1-6-7-13-18-20(15(2)3)23(24)21(16(4)5)19(14-25)22(18)17-11-9-8-10-12-17/h8-12,15-16,25H,6-7,13-14H2,1-5H3. The summed E-state index contributed by atoms with van der Waals surface area (Å²) in [6, 6.07) is 10.1. The van der Waals surface area contributed by atoms with Crippen LogP contribution in [0.25, 0.3) is 11.1 Å². The number of unbranched alkanes of at least 4 members (excludes halogenated alkanes) is 1. The minimum atomic E-state index is -0.133. The molecule has 0 unspecified atom stereocenters. The van der Waals surface area contributed by atoms with Crippen molar-refractivity contribution in [1.29, 1.82) is 0 Å². The fourth-order valence-corrected chi connectivity index (χ4v) is 3.80. The fourth-order valence-electron chi connectivity index (χ4n) is 3.80. The smallest absolute Gasteiger partial charge is 0.130 e. The molecule has 0 saturated heterocycles. The number of aliphatic hydroxyl groups is 1. The molecule has 0 aromatic heterocycles. The Labute approximate surface area is 151 Å². The molecule has 2 rings (SSSR count). The number of benzene rings is 2. The van der Waals surface area contributed by atoms with Gasteiger partial charge in [0.15, 0.2) is 0 Å². The van der Waals surface area contributed by atoms with E-state index in [2.05, 4.69) is 32.9 Å². The lowest BCUT2D eigenvalue weighted by molar-refractivity contribution is 0.279. The summed E-state index contributed by atoms with van der Waals surface area (Å²) in [5.74, 6) is 0.0294. The topological polar surface area (TPSA) is 20.2 Å². The Balaban J connectivity index is 2.93. The van der Waals surface area contributed by atoms with Gasteiger partial charge in [0.2, 0.25) is 0 Å². The van der Waals surface area contributed by atoms with Gasteiger partial charge in [-0.15, -0.1) is 0 Å². The molecule has 0 fully saturated rings. The molecule has 0 amide bonds. The van der Waals surface area contributed by atoms with Crippen LogP contribution in [0.15, 0.2) is 30.3 Å². The zero-order valence-electron chi connectivity index (χ0n) is 16.2. The molecule has 136 valence electrons. The fraction of sp³-hybridized carbons (Fsp3) is 0.478. The highest BCUT2D eigenvalue weighted by atomic mass is 19.1. The highest BCUT2D eigenvalue weighted by Crippen LogP contribution is 2.41. The first kappa shape index (κ1) is 19.7. The molecular formula is C23H31FO. The van der Waals surface area contributed by atoms with Gasteiger partial charge in [0, 0.05) is 0 Å². The lowest BCUT2D eigenvalue weighted by Gasteiger charge is -2.26. The zero-order valence-corrected chi connectivity index (χ0v) is 16.2. The Morgan fingerprint density at radius 3 is 1.96 bits per heavy atom. The van der Waals surface area contributed by atoms with Crippen LogP contribution < -0.4 is 0 Å². The summed E-state index contributed by atoms with van der Waals surface area (Å²) in [6.45, 7) is 10.1. The lowest BCUT2D eigenvalue weighted by atomic mass is 9.79. The molecule has 2 aromatic carbocycles. The number of aliphatic hydroxyl groups excluding tert-OH is 1. The van der Waals surface area contributed by atoms with Gasteiger partial charge >= 0.3 is 0 Å². The van der Waals surface area contributed by atoms with Gasteiger partial charge in [0.1, 0.15) is 5.82 Å². The summed E-state index contributed by atoms with van der Waals surface area (Å²) in [5.41, 5.74) is 5.45. The van der Waals surface area contributed by atoms with Crippen molar-refractivity contribution in [3.05, 3.63) is 58.4 Å². The predicted molar refractivity (Wildman–Crippen MR) is 105 cm³/mol. The van der Waals surface area contributed by atoms with Crippen LogP contribution in [0.4, 0.5) is 4.39 Å². The zero-order chi connectivity index (χ0) is 18.6. The maximum absolute atomic E-state index is 15.5. The second-order valence-electron chi connectivity index (χ2n) is 7.41. The second-order valence-corrected chi connectivity index (χ2v) is 7.41. The van der Waals surface area contributed by atoms with Crippen molar-refractivity contribution in [2.75, 3.05) is 0 Å². The number of hydrogen-bond acceptors (Lipinski definition) is 1. The van der Waals surface area contributed by atoms with E-state index in [0.29, 0.717) is 5.56 Å². The average Bonchev–Trinajstić information content (AvgIpc) is 2.58. The highest BCUT2D eigenvalue weighted by molar-refractivity contribution is 5.75.